The molecule has 0 atom stereocenters. The second kappa shape index (κ2) is 8.15. The van der Waals surface area contributed by atoms with Crippen molar-refractivity contribution in [2.75, 3.05) is 7.11 Å². The van der Waals surface area contributed by atoms with Crippen LogP contribution in [0.4, 0.5) is 22.0 Å². The van der Waals surface area contributed by atoms with Crippen molar-refractivity contribution in [2.45, 2.75) is 25.9 Å². The predicted molar refractivity (Wildman–Crippen MR) is 81.6 cm³/mol. The van der Waals surface area contributed by atoms with Gasteiger partial charge < -0.3 is 14.8 Å². The minimum Gasteiger partial charge on any atom is -0.493 e. The summed E-state index contributed by atoms with van der Waals surface area (Å²) in [5, 5.41) is 2.96. The third-order valence-electron chi connectivity index (χ3n) is 3.36. The van der Waals surface area contributed by atoms with Crippen molar-refractivity contribution in [3.05, 3.63) is 59.2 Å². The summed E-state index contributed by atoms with van der Waals surface area (Å²) in [6.45, 7) is -2.52. The van der Waals surface area contributed by atoms with E-state index in [1.165, 1.54) is 25.3 Å². The van der Waals surface area contributed by atoms with Gasteiger partial charge in [0.05, 0.1) is 12.7 Å². The molecule has 3 nitrogen and oxygen atoms in total. The third-order valence-corrected chi connectivity index (χ3v) is 3.36. The zero-order valence-electron chi connectivity index (χ0n) is 13.2. The van der Waals surface area contributed by atoms with Crippen LogP contribution in [0.1, 0.15) is 16.7 Å². The Balaban J connectivity index is 2.00. The number of halogens is 5. The average molecular weight is 361 g/mol. The smallest absolute Gasteiger partial charge is 0.416 e. The fraction of sp³-hybridized carbons (Fsp3) is 0.294. The molecule has 1 N–H and O–H groups in total. The molecule has 2 aromatic rings. The molecule has 136 valence electrons. The Bertz CT molecular complexity index is 704. The first kappa shape index (κ1) is 19.0. The highest BCUT2D eigenvalue weighted by atomic mass is 19.4. The Hall–Kier alpha value is -2.35. The Morgan fingerprint density at radius 1 is 0.960 bits per heavy atom. The van der Waals surface area contributed by atoms with Crippen molar-refractivity contribution in [1.29, 1.82) is 0 Å². The highest BCUT2D eigenvalue weighted by molar-refractivity contribution is 5.43. The summed E-state index contributed by atoms with van der Waals surface area (Å²) in [7, 11) is 1.33. The summed E-state index contributed by atoms with van der Waals surface area (Å²) in [6, 6.07) is 9.50. The van der Waals surface area contributed by atoms with E-state index < -0.39 is 18.4 Å². The maximum absolute atomic E-state index is 12.7. The lowest BCUT2D eigenvalue weighted by Gasteiger charge is -2.12. The normalized spacial score (nSPS) is 11.6. The maximum atomic E-state index is 12.7. The second-order valence-corrected chi connectivity index (χ2v) is 5.17. The summed E-state index contributed by atoms with van der Waals surface area (Å²) in [4.78, 5) is 0. The van der Waals surface area contributed by atoms with Crippen LogP contribution in [0.15, 0.2) is 42.5 Å². The summed E-state index contributed by atoms with van der Waals surface area (Å²) in [6.07, 6.45) is -4.40. The van der Waals surface area contributed by atoms with Crippen LogP contribution in [0.2, 0.25) is 0 Å². The molecule has 0 aromatic heterocycles. The van der Waals surface area contributed by atoms with Gasteiger partial charge in [-0.1, -0.05) is 24.3 Å². The number of alkyl halides is 5. The highest BCUT2D eigenvalue weighted by Gasteiger charge is 2.30. The molecule has 0 spiro atoms. The van der Waals surface area contributed by atoms with Gasteiger partial charge in [-0.25, -0.2) is 0 Å². The molecule has 2 rings (SSSR count). The zero-order valence-corrected chi connectivity index (χ0v) is 13.2. The van der Waals surface area contributed by atoms with E-state index in [0.29, 0.717) is 11.1 Å². The zero-order chi connectivity index (χ0) is 18.4. The summed E-state index contributed by atoms with van der Waals surface area (Å²) >= 11 is 0. The highest BCUT2D eigenvalue weighted by Crippen LogP contribution is 2.30. The van der Waals surface area contributed by atoms with Crippen LogP contribution >= 0.6 is 0 Å². The molecule has 0 fully saturated rings. The van der Waals surface area contributed by atoms with E-state index >= 15 is 0 Å². The molecule has 0 unspecified atom stereocenters. The molecule has 0 bridgehead atoms. The molecule has 0 heterocycles. The lowest BCUT2D eigenvalue weighted by Crippen LogP contribution is -2.14. The van der Waals surface area contributed by atoms with Gasteiger partial charge in [-0.3, -0.25) is 0 Å². The summed E-state index contributed by atoms with van der Waals surface area (Å²) in [5.74, 6) is 0.0674. The van der Waals surface area contributed by atoms with Crippen molar-refractivity contribution in [1.82, 2.24) is 5.32 Å². The lowest BCUT2D eigenvalue weighted by molar-refractivity contribution is -0.137. The third kappa shape index (κ3) is 5.60. The van der Waals surface area contributed by atoms with E-state index in [1.54, 1.807) is 12.1 Å². The molecule has 0 aliphatic rings. The molecule has 0 amide bonds. The first-order chi connectivity index (χ1) is 11.8. The van der Waals surface area contributed by atoms with Gasteiger partial charge in [-0.05, 0) is 29.3 Å². The van der Waals surface area contributed by atoms with Gasteiger partial charge in [0.1, 0.15) is 0 Å². The van der Waals surface area contributed by atoms with Gasteiger partial charge >= 0.3 is 12.8 Å². The van der Waals surface area contributed by atoms with Crippen LogP contribution in [0, 0.1) is 0 Å². The van der Waals surface area contributed by atoms with Crippen LogP contribution in [0.3, 0.4) is 0 Å². The van der Waals surface area contributed by atoms with E-state index in [2.05, 4.69) is 10.1 Å². The second-order valence-electron chi connectivity index (χ2n) is 5.17. The van der Waals surface area contributed by atoms with E-state index in [-0.39, 0.29) is 24.6 Å². The van der Waals surface area contributed by atoms with Gasteiger partial charge in [0.2, 0.25) is 0 Å². The Kier molecular flexibility index (Phi) is 6.19. The standard InChI is InChI=1S/C17H16F5NO2/c1-24-14-6-5-12(8-15(14)25-16(18)19)10-23-9-11-3-2-4-13(7-11)17(20,21)22/h2-8,16,23H,9-10H2,1H3. The molecule has 2 aromatic carbocycles. The van der Waals surface area contributed by atoms with Crippen LogP contribution in [-0.2, 0) is 19.3 Å². The van der Waals surface area contributed by atoms with E-state index in [9.17, 15) is 22.0 Å². The molecular formula is C17H16F5NO2. The van der Waals surface area contributed by atoms with Gasteiger partial charge in [0, 0.05) is 13.1 Å². The first-order valence-corrected chi connectivity index (χ1v) is 7.28. The molecule has 25 heavy (non-hydrogen) atoms. The van der Waals surface area contributed by atoms with Crippen molar-refractivity contribution in [2.24, 2.45) is 0 Å². The first-order valence-electron chi connectivity index (χ1n) is 7.28. The SMILES string of the molecule is COc1ccc(CNCc2cccc(C(F)(F)F)c2)cc1OC(F)F. The monoisotopic (exact) mass is 361 g/mol. The molecular weight excluding hydrogens is 345 g/mol. The molecule has 0 aliphatic carbocycles. The van der Waals surface area contributed by atoms with Crippen molar-refractivity contribution in [3.8, 4) is 11.5 Å². The van der Waals surface area contributed by atoms with Crippen LogP contribution < -0.4 is 14.8 Å². The predicted octanol–water partition coefficient (Wildman–Crippen LogP) is 4.61. The van der Waals surface area contributed by atoms with Crippen LogP contribution in [-0.4, -0.2) is 13.7 Å². The topological polar surface area (TPSA) is 30.5 Å². The van der Waals surface area contributed by atoms with Gasteiger partial charge in [-0.15, -0.1) is 0 Å². The number of benzene rings is 2. The number of hydrogen-bond donors (Lipinski definition) is 1. The largest absolute Gasteiger partial charge is 0.493 e. The van der Waals surface area contributed by atoms with Gasteiger partial charge in [0.25, 0.3) is 0 Å². The Morgan fingerprint density at radius 2 is 1.64 bits per heavy atom. The van der Waals surface area contributed by atoms with Crippen molar-refractivity contribution < 1.29 is 31.4 Å². The van der Waals surface area contributed by atoms with Crippen molar-refractivity contribution >= 4 is 0 Å². The van der Waals surface area contributed by atoms with E-state index in [1.807, 2.05) is 0 Å². The number of rotatable bonds is 7. The average Bonchev–Trinajstić information content (AvgIpc) is 2.54. The fourth-order valence-electron chi connectivity index (χ4n) is 2.23. The molecule has 0 saturated heterocycles. The minimum absolute atomic E-state index is 0.101. The molecule has 0 aliphatic heterocycles. The molecule has 8 heteroatoms. The van der Waals surface area contributed by atoms with Gasteiger partial charge in [-0.2, -0.15) is 22.0 Å². The summed E-state index contributed by atoms with van der Waals surface area (Å²) < 4.78 is 72.1. The molecule has 0 radical (unpaired) electrons. The molecule has 0 saturated carbocycles. The quantitative estimate of drug-likeness (QED) is 0.731. The minimum atomic E-state index is -4.40. The lowest BCUT2D eigenvalue weighted by atomic mass is 10.1. The van der Waals surface area contributed by atoms with Crippen LogP contribution in [0.25, 0.3) is 0 Å². The number of hydrogen-bond acceptors (Lipinski definition) is 3. The number of nitrogens with one attached hydrogen (secondary N) is 1. The Labute approximate surface area is 141 Å². The Morgan fingerprint density at radius 3 is 2.24 bits per heavy atom. The maximum Gasteiger partial charge on any atom is 0.416 e. The number of ether oxygens (including phenoxy) is 2. The number of methoxy groups -OCH3 is 1. The summed E-state index contributed by atoms with van der Waals surface area (Å²) in [5.41, 5.74) is 0.375. The fourth-order valence-corrected chi connectivity index (χ4v) is 2.23. The van der Waals surface area contributed by atoms with Gasteiger partial charge in [0.15, 0.2) is 11.5 Å². The van der Waals surface area contributed by atoms with Crippen molar-refractivity contribution in [3.63, 3.8) is 0 Å². The van der Waals surface area contributed by atoms with E-state index in [0.717, 1.165) is 12.1 Å². The van der Waals surface area contributed by atoms with Crippen LogP contribution in [0.5, 0.6) is 11.5 Å². The van der Waals surface area contributed by atoms with E-state index in [4.69, 9.17) is 4.74 Å².